The van der Waals surface area contributed by atoms with Crippen molar-refractivity contribution in [1.29, 1.82) is 0 Å². The maximum atomic E-state index is 13.1. The lowest BCUT2D eigenvalue weighted by Crippen LogP contribution is -2.42. The van der Waals surface area contributed by atoms with Crippen molar-refractivity contribution in [2.75, 3.05) is 0 Å². The smallest absolute Gasteiger partial charge is 0.327 e. The number of aryl methyl sites for hydroxylation is 2. The molecular formula is C26H31ClN2O5S. The minimum Gasteiger partial charge on any atom is -0.462 e. The van der Waals surface area contributed by atoms with Crippen LogP contribution in [0.3, 0.4) is 0 Å². The Morgan fingerprint density at radius 1 is 1.06 bits per heavy atom. The van der Waals surface area contributed by atoms with Crippen LogP contribution in [0, 0.1) is 6.92 Å². The molecule has 1 aromatic heterocycles. The molecule has 1 heterocycles. The van der Waals surface area contributed by atoms with Crippen molar-refractivity contribution in [2.45, 2.75) is 63.3 Å². The fourth-order valence-electron chi connectivity index (χ4n) is 3.79. The molecule has 0 aliphatic rings. The Kier molecular flexibility index (Phi) is 7.39. The molecule has 3 aromatic rings. The summed E-state index contributed by atoms with van der Waals surface area (Å²) in [7, 11) is -2.19. The molecule has 188 valence electrons. The number of amides is 1. The normalized spacial score (nSPS) is 13.2. The quantitative estimate of drug-likeness (QED) is 0.437. The number of hydrogen-bond donors (Lipinski definition) is 1. The third-order valence-electron chi connectivity index (χ3n) is 6.03. The SMILES string of the molecule is Cc1cc(Cl)c2cc(C(=O)NC(C)c3ccc(S(=O)(=O)C(C)(C)C(=O)OC(C)C)cc3)n(C)c2c1. The van der Waals surface area contributed by atoms with E-state index in [-0.39, 0.29) is 10.8 Å². The highest BCUT2D eigenvalue weighted by Crippen LogP contribution is 2.30. The van der Waals surface area contributed by atoms with Gasteiger partial charge in [-0.1, -0.05) is 23.7 Å². The number of rotatable bonds is 7. The second-order valence-electron chi connectivity index (χ2n) is 9.50. The van der Waals surface area contributed by atoms with Gasteiger partial charge in [-0.3, -0.25) is 9.59 Å². The summed E-state index contributed by atoms with van der Waals surface area (Å²) in [4.78, 5) is 25.4. The van der Waals surface area contributed by atoms with Gasteiger partial charge in [-0.25, -0.2) is 8.42 Å². The molecule has 0 saturated heterocycles. The number of fused-ring (bicyclic) bond motifs is 1. The Morgan fingerprint density at radius 2 is 1.66 bits per heavy atom. The number of hydrogen-bond acceptors (Lipinski definition) is 5. The van der Waals surface area contributed by atoms with E-state index in [2.05, 4.69) is 5.32 Å². The second-order valence-corrected chi connectivity index (χ2v) is 12.4. The van der Waals surface area contributed by atoms with Gasteiger partial charge in [0.1, 0.15) is 5.69 Å². The van der Waals surface area contributed by atoms with Gasteiger partial charge < -0.3 is 14.6 Å². The molecule has 2 aromatic carbocycles. The van der Waals surface area contributed by atoms with Crippen molar-refractivity contribution in [3.8, 4) is 0 Å². The number of nitrogens with zero attached hydrogens (tertiary/aromatic N) is 1. The number of carbonyl (C=O) groups is 2. The standard InChI is InChI=1S/C26H31ClN2O5S/c1-15(2)34-25(31)26(5,6)35(32,33)19-10-8-18(9-11-19)17(4)28-24(30)23-14-20-21(27)12-16(3)13-22(20)29(23)7/h8-15,17H,1-7H3,(H,28,30). The highest BCUT2D eigenvalue weighted by Gasteiger charge is 2.44. The first-order valence-corrected chi connectivity index (χ1v) is 13.1. The highest BCUT2D eigenvalue weighted by molar-refractivity contribution is 7.93. The first-order valence-electron chi connectivity index (χ1n) is 11.3. The second kappa shape index (κ2) is 9.66. The number of sulfone groups is 1. The van der Waals surface area contributed by atoms with Crippen LogP contribution in [-0.4, -0.2) is 35.7 Å². The average molecular weight is 519 g/mol. The van der Waals surface area contributed by atoms with Gasteiger partial charge in [0.2, 0.25) is 0 Å². The third-order valence-corrected chi connectivity index (χ3v) is 8.75. The molecule has 9 heteroatoms. The number of halogens is 1. The van der Waals surface area contributed by atoms with Crippen molar-refractivity contribution in [3.05, 3.63) is 64.3 Å². The molecule has 1 N–H and O–H groups in total. The van der Waals surface area contributed by atoms with Crippen molar-refractivity contribution in [2.24, 2.45) is 7.05 Å². The summed E-state index contributed by atoms with van der Waals surface area (Å²) in [5.41, 5.74) is 3.04. The lowest BCUT2D eigenvalue weighted by molar-refractivity contribution is -0.149. The van der Waals surface area contributed by atoms with Crippen LogP contribution >= 0.6 is 11.6 Å². The number of nitrogens with one attached hydrogen (secondary N) is 1. The third kappa shape index (κ3) is 5.09. The predicted molar refractivity (Wildman–Crippen MR) is 137 cm³/mol. The van der Waals surface area contributed by atoms with E-state index in [1.54, 1.807) is 36.6 Å². The monoisotopic (exact) mass is 518 g/mol. The van der Waals surface area contributed by atoms with Gasteiger partial charge in [-0.05, 0) is 83.0 Å². The Morgan fingerprint density at radius 3 is 2.23 bits per heavy atom. The summed E-state index contributed by atoms with van der Waals surface area (Å²) in [5, 5.41) is 4.33. The van der Waals surface area contributed by atoms with Crippen LogP contribution in [0.25, 0.3) is 10.9 Å². The molecule has 1 amide bonds. The fraction of sp³-hybridized carbons (Fsp3) is 0.385. The van der Waals surface area contributed by atoms with Crippen molar-refractivity contribution >= 4 is 44.2 Å². The fourth-order valence-corrected chi connectivity index (χ4v) is 5.46. The maximum Gasteiger partial charge on any atom is 0.327 e. The zero-order valence-electron chi connectivity index (χ0n) is 21.0. The lowest BCUT2D eigenvalue weighted by atomic mass is 10.1. The van der Waals surface area contributed by atoms with Gasteiger partial charge >= 0.3 is 5.97 Å². The van der Waals surface area contributed by atoms with E-state index in [1.807, 2.05) is 33.0 Å². The molecule has 0 bridgehead atoms. The number of esters is 1. The van der Waals surface area contributed by atoms with E-state index in [0.29, 0.717) is 16.3 Å². The van der Waals surface area contributed by atoms with Crippen LogP contribution < -0.4 is 5.32 Å². The lowest BCUT2D eigenvalue weighted by Gasteiger charge is -2.24. The van der Waals surface area contributed by atoms with Crippen LogP contribution in [0.15, 0.2) is 47.4 Å². The first kappa shape index (κ1) is 26.8. The zero-order chi connectivity index (χ0) is 26.3. The molecule has 0 fully saturated rings. The number of aromatic nitrogens is 1. The molecule has 0 aliphatic carbocycles. The van der Waals surface area contributed by atoms with Gasteiger partial charge in [0.05, 0.1) is 27.6 Å². The van der Waals surface area contributed by atoms with Gasteiger partial charge in [-0.2, -0.15) is 0 Å². The van der Waals surface area contributed by atoms with Crippen molar-refractivity contribution in [3.63, 3.8) is 0 Å². The summed E-state index contributed by atoms with van der Waals surface area (Å²) < 4.78 is 31.4. The van der Waals surface area contributed by atoms with E-state index in [1.165, 1.54) is 26.0 Å². The molecular weight excluding hydrogens is 488 g/mol. The van der Waals surface area contributed by atoms with E-state index in [9.17, 15) is 18.0 Å². The average Bonchev–Trinajstić information content (AvgIpc) is 3.10. The Labute approximate surface area is 211 Å². The van der Waals surface area contributed by atoms with Gasteiger partial charge in [-0.15, -0.1) is 0 Å². The molecule has 3 rings (SSSR count). The molecule has 0 radical (unpaired) electrons. The van der Waals surface area contributed by atoms with Gasteiger partial charge in [0, 0.05) is 12.4 Å². The summed E-state index contributed by atoms with van der Waals surface area (Å²) in [6.07, 6.45) is -0.425. The number of carbonyl (C=O) groups excluding carboxylic acids is 2. The molecule has 1 atom stereocenters. The largest absolute Gasteiger partial charge is 0.462 e. The summed E-state index contributed by atoms with van der Waals surface area (Å²) in [6.45, 7) is 9.75. The topological polar surface area (TPSA) is 94.5 Å². The summed E-state index contributed by atoms with van der Waals surface area (Å²) in [6, 6.07) is 11.3. The molecule has 1 unspecified atom stereocenters. The first-order chi connectivity index (χ1) is 16.2. The molecule has 0 aliphatic heterocycles. The van der Waals surface area contributed by atoms with E-state index in [0.717, 1.165) is 16.5 Å². The predicted octanol–water partition coefficient (Wildman–Crippen LogP) is 5.14. The van der Waals surface area contributed by atoms with Crippen LogP contribution in [0.1, 0.15) is 62.3 Å². The number of ether oxygens (including phenoxy) is 1. The number of benzene rings is 2. The van der Waals surface area contributed by atoms with Gasteiger partial charge in [0.25, 0.3) is 5.91 Å². The molecule has 0 saturated carbocycles. The summed E-state index contributed by atoms with van der Waals surface area (Å²) in [5.74, 6) is -1.08. The van der Waals surface area contributed by atoms with Gasteiger partial charge in [0.15, 0.2) is 14.6 Å². The Hall–Kier alpha value is -2.84. The van der Waals surface area contributed by atoms with Crippen molar-refractivity contribution < 1.29 is 22.7 Å². The minimum absolute atomic E-state index is 0.00387. The summed E-state index contributed by atoms with van der Waals surface area (Å²) >= 11 is 6.36. The molecule has 7 nitrogen and oxygen atoms in total. The van der Waals surface area contributed by atoms with E-state index in [4.69, 9.17) is 16.3 Å². The maximum absolute atomic E-state index is 13.1. The van der Waals surface area contributed by atoms with Crippen LogP contribution in [0.2, 0.25) is 5.02 Å². The highest BCUT2D eigenvalue weighted by atomic mass is 35.5. The minimum atomic E-state index is -4.00. The Balaban J connectivity index is 1.81. The van der Waals surface area contributed by atoms with Crippen LogP contribution in [0.5, 0.6) is 0 Å². The van der Waals surface area contributed by atoms with Crippen LogP contribution in [0.4, 0.5) is 0 Å². The Bertz CT molecular complexity index is 1390. The molecule has 0 spiro atoms. The van der Waals surface area contributed by atoms with E-state index >= 15 is 0 Å². The zero-order valence-corrected chi connectivity index (χ0v) is 22.5. The van der Waals surface area contributed by atoms with Crippen molar-refractivity contribution in [1.82, 2.24) is 9.88 Å². The van der Waals surface area contributed by atoms with E-state index < -0.39 is 32.7 Å². The van der Waals surface area contributed by atoms with Crippen LogP contribution in [-0.2, 0) is 26.4 Å². The molecule has 35 heavy (non-hydrogen) atoms.